The van der Waals surface area contributed by atoms with Gasteiger partial charge in [-0.15, -0.1) is 0 Å². The molecule has 3 aromatic carbocycles. The quantitative estimate of drug-likeness (QED) is 0.379. The fourth-order valence-corrected chi connectivity index (χ4v) is 3.95. The average Bonchev–Trinajstić information content (AvgIpc) is 2.83. The second-order valence-electron chi connectivity index (χ2n) is 7.67. The van der Waals surface area contributed by atoms with Gasteiger partial charge in [-0.25, -0.2) is 0 Å². The Morgan fingerprint density at radius 3 is 2.30 bits per heavy atom. The van der Waals surface area contributed by atoms with Crippen molar-refractivity contribution in [2.75, 3.05) is 13.7 Å². The predicted octanol–water partition coefficient (Wildman–Crippen LogP) is 5.28. The minimum Gasteiger partial charge on any atom is -0.484 e. The van der Waals surface area contributed by atoms with Crippen LogP contribution in [0.2, 0.25) is 0 Å². The molecule has 33 heavy (non-hydrogen) atoms. The number of halogens is 2. The number of carbonyl (C=O) groups is 2. The molecule has 0 unspecified atom stereocenters. The highest BCUT2D eigenvalue weighted by atomic mass is 79.9. The van der Waals surface area contributed by atoms with Crippen LogP contribution in [-0.2, 0) is 22.6 Å². The third-order valence-electron chi connectivity index (χ3n) is 5.28. The first-order valence-corrected chi connectivity index (χ1v) is 12.1. The summed E-state index contributed by atoms with van der Waals surface area (Å²) in [5.74, 6) is 0.124. The molecule has 0 saturated heterocycles. The second-order valence-corrected chi connectivity index (χ2v) is 9.44. The van der Waals surface area contributed by atoms with Crippen LogP contribution in [0.4, 0.5) is 0 Å². The van der Waals surface area contributed by atoms with Gasteiger partial charge < -0.3 is 15.0 Å². The zero-order valence-corrected chi connectivity index (χ0v) is 21.7. The number of amides is 2. The van der Waals surface area contributed by atoms with E-state index in [0.29, 0.717) is 18.7 Å². The topological polar surface area (TPSA) is 58.6 Å². The van der Waals surface area contributed by atoms with Crippen LogP contribution < -0.4 is 10.1 Å². The highest BCUT2D eigenvalue weighted by Gasteiger charge is 2.30. The lowest BCUT2D eigenvalue weighted by Gasteiger charge is -2.31. The average molecular weight is 574 g/mol. The SMILES string of the molecule is CNC(=O)[C@H](Cc1ccccc1)N(Cc1ccc(Br)cc1)C(=O)COc1ccc(Br)c(C)c1. The first-order chi connectivity index (χ1) is 15.9. The van der Waals surface area contributed by atoms with Gasteiger partial charge in [0.2, 0.25) is 5.91 Å². The van der Waals surface area contributed by atoms with Gasteiger partial charge in [-0.2, -0.15) is 0 Å². The largest absolute Gasteiger partial charge is 0.484 e. The smallest absolute Gasteiger partial charge is 0.261 e. The molecule has 0 aliphatic carbocycles. The molecule has 1 atom stereocenters. The van der Waals surface area contributed by atoms with Crippen LogP contribution in [0.15, 0.2) is 81.7 Å². The first kappa shape index (κ1) is 25.0. The van der Waals surface area contributed by atoms with Crippen molar-refractivity contribution in [3.63, 3.8) is 0 Å². The molecule has 3 aromatic rings. The molecule has 0 saturated carbocycles. The Morgan fingerprint density at radius 1 is 0.970 bits per heavy atom. The lowest BCUT2D eigenvalue weighted by atomic mass is 10.0. The Hall–Kier alpha value is -2.64. The molecular weight excluding hydrogens is 548 g/mol. The summed E-state index contributed by atoms with van der Waals surface area (Å²) in [7, 11) is 1.59. The number of carbonyl (C=O) groups excluding carboxylic acids is 2. The van der Waals surface area contributed by atoms with Gasteiger partial charge in [0, 0.05) is 29.0 Å². The molecule has 7 heteroatoms. The van der Waals surface area contributed by atoms with Crippen LogP contribution in [0.1, 0.15) is 16.7 Å². The van der Waals surface area contributed by atoms with Crippen molar-refractivity contribution in [3.8, 4) is 5.75 Å². The van der Waals surface area contributed by atoms with Gasteiger partial charge in [0.15, 0.2) is 6.61 Å². The Kier molecular flexibility index (Phi) is 9.09. The summed E-state index contributed by atoms with van der Waals surface area (Å²) in [6.45, 7) is 2.08. The second kappa shape index (κ2) is 12.0. The Bertz CT molecular complexity index is 1090. The number of aryl methyl sites for hydroxylation is 1. The van der Waals surface area contributed by atoms with Crippen molar-refractivity contribution < 1.29 is 14.3 Å². The molecule has 0 heterocycles. The molecule has 0 aliphatic rings. The highest BCUT2D eigenvalue weighted by molar-refractivity contribution is 9.10. The van der Waals surface area contributed by atoms with Gasteiger partial charge in [0.1, 0.15) is 11.8 Å². The molecule has 5 nitrogen and oxygen atoms in total. The van der Waals surface area contributed by atoms with Crippen LogP contribution in [-0.4, -0.2) is 36.4 Å². The Balaban J connectivity index is 1.86. The maximum absolute atomic E-state index is 13.4. The number of likely N-dealkylation sites (N-methyl/N-ethyl adjacent to an activating group) is 1. The van der Waals surface area contributed by atoms with E-state index in [0.717, 1.165) is 25.6 Å². The monoisotopic (exact) mass is 572 g/mol. The van der Waals surface area contributed by atoms with Crippen LogP contribution in [0.5, 0.6) is 5.75 Å². The molecule has 2 amide bonds. The highest BCUT2D eigenvalue weighted by Crippen LogP contribution is 2.22. The van der Waals surface area contributed by atoms with Crippen LogP contribution in [0.3, 0.4) is 0 Å². The van der Waals surface area contributed by atoms with Crippen LogP contribution in [0.25, 0.3) is 0 Å². The molecule has 0 fully saturated rings. The van der Waals surface area contributed by atoms with Crippen molar-refractivity contribution in [1.29, 1.82) is 0 Å². The van der Waals surface area contributed by atoms with E-state index in [4.69, 9.17) is 4.74 Å². The zero-order valence-electron chi connectivity index (χ0n) is 18.6. The van der Waals surface area contributed by atoms with Gasteiger partial charge >= 0.3 is 0 Å². The van der Waals surface area contributed by atoms with E-state index >= 15 is 0 Å². The maximum atomic E-state index is 13.4. The van der Waals surface area contributed by atoms with E-state index in [-0.39, 0.29) is 18.4 Å². The van der Waals surface area contributed by atoms with Crippen molar-refractivity contribution >= 4 is 43.7 Å². The summed E-state index contributed by atoms with van der Waals surface area (Å²) in [5.41, 5.74) is 2.91. The van der Waals surface area contributed by atoms with Crippen molar-refractivity contribution in [1.82, 2.24) is 10.2 Å². The number of hydrogen-bond donors (Lipinski definition) is 1. The lowest BCUT2D eigenvalue weighted by molar-refractivity contribution is -0.142. The fourth-order valence-electron chi connectivity index (χ4n) is 3.44. The molecule has 0 bridgehead atoms. The number of nitrogens with zero attached hydrogens (tertiary/aromatic N) is 1. The predicted molar refractivity (Wildman–Crippen MR) is 137 cm³/mol. The van der Waals surface area contributed by atoms with Gasteiger partial charge in [0.05, 0.1) is 0 Å². The molecule has 1 N–H and O–H groups in total. The molecular formula is C26H26Br2N2O3. The Labute approximate surface area is 211 Å². The summed E-state index contributed by atoms with van der Waals surface area (Å²) in [5, 5.41) is 2.72. The normalized spacial score (nSPS) is 11.5. The molecule has 0 aliphatic heterocycles. The first-order valence-electron chi connectivity index (χ1n) is 10.6. The molecule has 0 aromatic heterocycles. The van der Waals surface area contributed by atoms with Crippen LogP contribution in [0, 0.1) is 6.92 Å². The van der Waals surface area contributed by atoms with Crippen molar-refractivity contribution in [2.45, 2.75) is 25.9 Å². The van der Waals surface area contributed by atoms with E-state index in [2.05, 4.69) is 37.2 Å². The standard InChI is InChI=1S/C26H26Br2N2O3/c1-18-14-22(12-13-23(18)28)33-17-25(31)30(16-20-8-10-21(27)11-9-20)24(26(32)29-2)15-19-6-4-3-5-7-19/h3-14,24H,15-17H2,1-2H3,(H,29,32)/t24-/m0/s1. The van der Waals surface area contributed by atoms with Crippen LogP contribution >= 0.6 is 31.9 Å². The number of rotatable bonds is 9. The maximum Gasteiger partial charge on any atom is 0.261 e. The van der Waals surface area contributed by atoms with E-state index in [1.165, 1.54) is 0 Å². The van der Waals surface area contributed by atoms with Gasteiger partial charge in [-0.3, -0.25) is 9.59 Å². The van der Waals surface area contributed by atoms with E-state index in [1.807, 2.05) is 79.7 Å². The number of ether oxygens (including phenoxy) is 1. The lowest BCUT2D eigenvalue weighted by Crippen LogP contribution is -2.51. The number of hydrogen-bond acceptors (Lipinski definition) is 3. The molecule has 0 radical (unpaired) electrons. The molecule has 3 rings (SSSR count). The van der Waals surface area contributed by atoms with E-state index < -0.39 is 6.04 Å². The number of benzene rings is 3. The minimum absolute atomic E-state index is 0.167. The summed E-state index contributed by atoms with van der Waals surface area (Å²) >= 11 is 6.91. The summed E-state index contributed by atoms with van der Waals surface area (Å²) in [4.78, 5) is 27.9. The van der Waals surface area contributed by atoms with Crippen molar-refractivity contribution in [3.05, 3.63) is 98.4 Å². The summed E-state index contributed by atoms with van der Waals surface area (Å²) in [6.07, 6.45) is 0.403. The summed E-state index contributed by atoms with van der Waals surface area (Å²) < 4.78 is 7.73. The molecule has 172 valence electrons. The molecule has 0 spiro atoms. The zero-order chi connectivity index (χ0) is 23.8. The van der Waals surface area contributed by atoms with Gasteiger partial charge in [-0.05, 0) is 53.9 Å². The Morgan fingerprint density at radius 2 is 1.67 bits per heavy atom. The number of nitrogens with one attached hydrogen (secondary N) is 1. The van der Waals surface area contributed by atoms with Gasteiger partial charge in [0.25, 0.3) is 5.91 Å². The third kappa shape index (κ3) is 7.17. The third-order valence-corrected chi connectivity index (χ3v) is 6.69. The minimum atomic E-state index is -0.677. The van der Waals surface area contributed by atoms with Gasteiger partial charge in [-0.1, -0.05) is 74.3 Å². The van der Waals surface area contributed by atoms with Crippen molar-refractivity contribution in [2.24, 2.45) is 0 Å². The fraction of sp³-hybridized carbons (Fsp3) is 0.231. The van der Waals surface area contributed by atoms with E-state index in [1.54, 1.807) is 11.9 Å². The van der Waals surface area contributed by atoms with E-state index in [9.17, 15) is 9.59 Å². The summed E-state index contributed by atoms with van der Waals surface area (Å²) in [6, 6.07) is 22.3.